The van der Waals surface area contributed by atoms with Crippen molar-refractivity contribution in [3.8, 4) is 0 Å². The molecule has 0 aromatic heterocycles. The Kier molecular flexibility index (Phi) is 3.91. The van der Waals surface area contributed by atoms with Crippen LogP contribution in [0.5, 0.6) is 0 Å². The van der Waals surface area contributed by atoms with Crippen molar-refractivity contribution in [1.82, 2.24) is 5.32 Å². The van der Waals surface area contributed by atoms with Gasteiger partial charge in [-0.05, 0) is 30.4 Å². The molecule has 0 radical (unpaired) electrons. The molecular formula is C11H11ClFNO2S. The molecule has 1 heterocycles. The molecule has 3 nitrogen and oxygen atoms in total. The largest absolute Gasteiger partial charge is 0.480 e. The van der Waals surface area contributed by atoms with E-state index in [-0.39, 0.29) is 11.2 Å². The lowest BCUT2D eigenvalue weighted by molar-refractivity contribution is -0.139. The highest BCUT2D eigenvalue weighted by molar-refractivity contribution is 7.99. The molecule has 1 fully saturated rings. The molecule has 2 atom stereocenters. The number of rotatable bonds is 2. The Morgan fingerprint density at radius 2 is 2.35 bits per heavy atom. The molecule has 6 heteroatoms. The third-order valence-corrected chi connectivity index (χ3v) is 4.01. The Hall–Kier alpha value is -0.780. The summed E-state index contributed by atoms with van der Waals surface area (Å²) in [6, 6.07) is 3.68. The molecule has 0 aliphatic carbocycles. The number of hydrogen-bond donors (Lipinski definition) is 2. The van der Waals surface area contributed by atoms with Gasteiger partial charge < -0.3 is 5.11 Å². The van der Waals surface area contributed by atoms with Gasteiger partial charge in [0.05, 0.1) is 5.37 Å². The van der Waals surface area contributed by atoms with E-state index in [4.69, 9.17) is 16.7 Å². The van der Waals surface area contributed by atoms with Gasteiger partial charge in [-0.15, -0.1) is 11.8 Å². The summed E-state index contributed by atoms with van der Waals surface area (Å²) in [5.41, 5.74) is 0.411. The van der Waals surface area contributed by atoms with Crippen molar-refractivity contribution >= 4 is 29.3 Å². The SMILES string of the molecule is O=C(O)C1CCSC(c2cc(Cl)ccc2F)N1. The van der Waals surface area contributed by atoms with Crippen LogP contribution in [-0.4, -0.2) is 22.9 Å². The van der Waals surface area contributed by atoms with Crippen molar-refractivity contribution in [2.24, 2.45) is 0 Å². The number of benzene rings is 1. The van der Waals surface area contributed by atoms with Crippen LogP contribution < -0.4 is 5.32 Å². The van der Waals surface area contributed by atoms with E-state index < -0.39 is 12.0 Å². The topological polar surface area (TPSA) is 49.3 Å². The highest BCUT2D eigenvalue weighted by Gasteiger charge is 2.28. The molecule has 92 valence electrons. The number of thioether (sulfide) groups is 1. The number of carboxylic acids is 1. The molecular weight excluding hydrogens is 265 g/mol. The van der Waals surface area contributed by atoms with Gasteiger partial charge in [0.2, 0.25) is 0 Å². The Morgan fingerprint density at radius 3 is 3.06 bits per heavy atom. The third-order valence-electron chi connectivity index (χ3n) is 2.58. The number of carboxylic acid groups (broad SMARTS) is 1. The second-order valence-electron chi connectivity index (χ2n) is 3.76. The zero-order valence-electron chi connectivity index (χ0n) is 8.82. The van der Waals surface area contributed by atoms with Gasteiger partial charge in [-0.1, -0.05) is 11.6 Å². The minimum absolute atomic E-state index is 0.358. The van der Waals surface area contributed by atoms with Crippen LogP contribution in [0.4, 0.5) is 4.39 Å². The summed E-state index contributed by atoms with van der Waals surface area (Å²) in [4.78, 5) is 10.9. The summed E-state index contributed by atoms with van der Waals surface area (Å²) in [6.45, 7) is 0. The number of aliphatic carboxylic acids is 1. The summed E-state index contributed by atoms with van der Waals surface area (Å²) < 4.78 is 13.6. The Balaban J connectivity index is 2.21. The minimum Gasteiger partial charge on any atom is -0.480 e. The van der Waals surface area contributed by atoms with E-state index in [1.54, 1.807) is 0 Å². The second kappa shape index (κ2) is 5.25. The maximum Gasteiger partial charge on any atom is 0.320 e. The van der Waals surface area contributed by atoms with Crippen molar-refractivity contribution in [3.63, 3.8) is 0 Å². The lowest BCUT2D eigenvalue weighted by Gasteiger charge is -2.28. The lowest BCUT2D eigenvalue weighted by atomic mass is 10.1. The summed E-state index contributed by atoms with van der Waals surface area (Å²) in [7, 11) is 0. The quantitative estimate of drug-likeness (QED) is 0.871. The highest BCUT2D eigenvalue weighted by atomic mass is 35.5. The number of nitrogens with one attached hydrogen (secondary N) is 1. The van der Waals surface area contributed by atoms with Crippen LogP contribution in [0, 0.1) is 5.82 Å². The van der Waals surface area contributed by atoms with E-state index in [0.717, 1.165) is 0 Å². The summed E-state index contributed by atoms with van der Waals surface area (Å²) in [5, 5.41) is 11.9. The molecule has 1 aromatic rings. The molecule has 0 amide bonds. The third kappa shape index (κ3) is 2.91. The zero-order chi connectivity index (χ0) is 12.4. The average molecular weight is 276 g/mol. The van der Waals surface area contributed by atoms with Crippen molar-refractivity contribution in [2.75, 3.05) is 5.75 Å². The number of hydrogen-bond acceptors (Lipinski definition) is 3. The lowest BCUT2D eigenvalue weighted by Crippen LogP contribution is -2.42. The summed E-state index contributed by atoms with van der Waals surface area (Å²) in [6.07, 6.45) is 0.540. The normalized spacial score (nSPS) is 24.6. The van der Waals surface area contributed by atoms with Crippen LogP contribution in [0.1, 0.15) is 17.4 Å². The number of carbonyl (C=O) groups is 1. The van der Waals surface area contributed by atoms with Crippen LogP contribution in [0.3, 0.4) is 0 Å². The Labute approximate surface area is 107 Å². The molecule has 1 aromatic carbocycles. The first-order valence-electron chi connectivity index (χ1n) is 5.13. The van der Waals surface area contributed by atoms with Crippen LogP contribution >= 0.6 is 23.4 Å². The van der Waals surface area contributed by atoms with Crippen LogP contribution in [0.15, 0.2) is 18.2 Å². The van der Waals surface area contributed by atoms with Crippen LogP contribution in [-0.2, 0) is 4.79 Å². The molecule has 17 heavy (non-hydrogen) atoms. The van der Waals surface area contributed by atoms with Crippen molar-refractivity contribution in [1.29, 1.82) is 0 Å². The van der Waals surface area contributed by atoms with Gasteiger partial charge in [-0.25, -0.2) is 4.39 Å². The maximum absolute atomic E-state index is 13.6. The van der Waals surface area contributed by atoms with Gasteiger partial charge in [0.25, 0.3) is 0 Å². The van der Waals surface area contributed by atoms with E-state index in [0.29, 0.717) is 22.8 Å². The standard InChI is InChI=1S/C11H11ClFNO2S/c12-6-1-2-8(13)7(5-6)10-14-9(11(15)16)3-4-17-10/h1-2,5,9-10,14H,3-4H2,(H,15,16). The van der Waals surface area contributed by atoms with Crippen molar-refractivity contribution in [3.05, 3.63) is 34.6 Å². The maximum atomic E-state index is 13.6. The molecule has 0 saturated carbocycles. The summed E-state index contributed by atoms with van der Waals surface area (Å²) in [5.74, 6) is -0.594. The molecule has 0 bridgehead atoms. The summed E-state index contributed by atoms with van der Waals surface area (Å²) >= 11 is 7.30. The van der Waals surface area contributed by atoms with Gasteiger partial charge in [0.1, 0.15) is 11.9 Å². The molecule has 1 aliphatic rings. The van der Waals surface area contributed by atoms with Crippen molar-refractivity contribution < 1.29 is 14.3 Å². The van der Waals surface area contributed by atoms with Gasteiger partial charge in [0.15, 0.2) is 0 Å². The van der Waals surface area contributed by atoms with E-state index in [9.17, 15) is 9.18 Å². The fourth-order valence-corrected chi connectivity index (χ4v) is 3.12. The zero-order valence-corrected chi connectivity index (χ0v) is 10.4. The van der Waals surface area contributed by atoms with Gasteiger partial charge in [0, 0.05) is 10.6 Å². The number of halogens is 2. The molecule has 1 aliphatic heterocycles. The Bertz CT molecular complexity index is 443. The van der Waals surface area contributed by atoms with Crippen molar-refractivity contribution in [2.45, 2.75) is 17.8 Å². The smallest absolute Gasteiger partial charge is 0.320 e. The van der Waals surface area contributed by atoms with Crippen LogP contribution in [0.2, 0.25) is 5.02 Å². The van der Waals surface area contributed by atoms with Gasteiger partial charge in [-0.2, -0.15) is 0 Å². The fraction of sp³-hybridized carbons (Fsp3) is 0.364. The second-order valence-corrected chi connectivity index (χ2v) is 5.41. The molecule has 0 spiro atoms. The minimum atomic E-state index is -0.905. The first kappa shape index (κ1) is 12.7. The average Bonchev–Trinajstić information content (AvgIpc) is 2.32. The monoisotopic (exact) mass is 275 g/mol. The molecule has 2 rings (SSSR count). The van der Waals surface area contributed by atoms with E-state index in [2.05, 4.69) is 5.32 Å². The van der Waals surface area contributed by atoms with Gasteiger partial charge in [-0.3, -0.25) is 10.1 Å². The van der Waals surface area contributed by atoms with E-state index >= 15 is 0 Å². The molecule has 1 saturated heterocycles. The first-order chi connectivity index (χ1) is 8.08. The molecule has 2 unspecified atom stereocenters. The van der Waals surface area contributed by atoms with E-state index in [1.807, 2.05) is 0 Å². The first-order valence-corrected chi connectivity index (χ1v) is 6.56. The van der Waals surface area contributed by atoms with Gasteiger partial charge >= 0.3 is 5.97 Å². The Morgan fingerprint density at radius 1 is 1.59 bits per heavy atom. The van der Waals surface area contributed by atoms with Crippen LogP contribution in [0.25, 0.3) is 0 Å². The molecule has 2 N–H and O–H groups in total. The predicted octanol–water partition coefficient (Wildman–Crippen LogP) is 2.66. The highest BCUT2D eigenvalue weighted by Crippen LogP contribution is 2.34. The predicted molar refractivity (Wildman–Crippen MR) is 65.8 cm³/mol. The fourth-order valence-electron chi connectivity index (χ4n) is 1.71. The van der Waals surface area contributed by atoms with E-state index in [1.165, 1.54) is 30.0 Å².